The fraction of sp³-hybridized carbons (Fsp3) is 0.429. The summed E-state index contributed by atoms with van der Waals surface area (Å²) in [5, 5.41) is 22.6. The number of ether oxygens (including phenoxy) is 3. The van der Waals surface area contributed by atoms with Crippen LogP contribution < -0.4 is 58.0 Å². The lowest BCUT2D eigenvalue weighted by molar-refractivity contribution is -0.133. The van der Waals surface area contributed by atoms with Gasteiger partial charge in [-0.1, -0.05) is 18.6 Å². The van der Waals surface area contributed by atoms with E-state index < -0.39 is 53.7 Å². The molecule has 19 heteroatoms. The molecule has 5 amide bonds. The van der Waals surface area contributed by atoms with Crippen molar-refractivity contribution < 1.29 is 38.2 Å². The van der Waals surface area contributed by atoms with Gasteiger partial charge < -0.3 is 58.0 Å². The fourth-order valence-corrected chi connectivity index (χ4v) is 8.24. The predicted octanol–water partition coefficient (Wildman–Crippen LogP) is 2.30. The molecule has 1 aliphatic heterocycles. The second-order valence-corrected chi connectivity index (χ2v) is 16.8. The van der Waals surface area contributed by atoms with Gasteiger partial charge in [0.2, 0.25) is 23.6 Å². The molecule has 0 saturated heterocycles. The van der Waals surface area contributed by atoms with Gasteiger partial charge in [0.1, 0.15) is 61.2 Å². The summed E-state index contributed by atoms with van der Waals surface area (Å²) in [6.45, 7) is 5.14. The summed E-state index contributed by atoms with van der Waals surface area (Å²) in [5.74, 6) is -1.56. The second kappa shape index (κ2) is 24.1. The first-order valence-corrected chi connectivity index (χ1v) is 23.0. The Morgan fingerprint density at radius 3 is 2.12 bits per heavy atom. The maximum absolute atomic E-state index is 14.4. The molecule has 3 aromatic carbocycles. The van der Waals surface area contributed by atoms with Crippen molar-refractivity contribution >= 4 is 29.5 Å². The number of aryl methyl sites for hydroxylation is 2. The van der Waals surface area contributed by atoms with Crippen LogP contribution in [0.1, 0.15) is 84.4 Å². The van der Waals surface area contributed by atoms with Gasteiger partial charge in [-0.15, -0.1) is 0 Å². The van der Waals surface area contributed by atoms with Crippen molar-refractivity contribution in [2.24, 2.45) is 17.2 Å². The average molecular weight is 932 g/mol. The van der Waals surface area contributed by atoms with Crippen LogP contribution in [0.15, 0.2) is 60.7 Å². The number of hydrogen-bond acceptors (Lipinski definition) is 14. The highest BCUT2D eigenvalue weighted by molar-refractivity contribution is 6.00. The molecule has 6 rings (SSSR count). The number of hydrogen-bond donors (Lipinski definition) is 8. The first kappa shape index (κ1) is 50.3. The molecular formula is C49H61N11O8. The zero-order valence-corrected chi connectivity index (χ0v) is 38.7. The maximum atomic E-state index is 14.4. The number of nitrogens with zero attached hydrogens (tertiary/aromatic N) is 3. The summed E-state index contributed by atoms with van der Waals surface area (Å²) in [7, 11) is 0. The quantitative estimate of drug-likeness (QED) is 0.0706. The van der Waals surface area contributed by atoms with E-state index in [4.69, 9.17) is 36.7 Å². The molecule has 360 valence electrons. The van der Waals surface area contributed by atoms with Crippen LogP contribution in [0.2, 0.25) is 0 Å². The largest absolute Gasteiger partial charge is 0.492 e. The molecule has 2 aliphatic rings. The molecule has 68 heavy (non-hydrogen) atoms. The van der Waals surface area contributed by atoms with Crippen molar-refractivity contribution in [3.63, 3.8) is 0 Å². The molecule has 1 fully saturated rings. The van der Waals surface area contributed by atoms with Crippen LogP contribution in [0, 0.1) is 25.2 Å². The Labute approximate surface area is 395 Å². The minimum atomic E-state index is -1.46. The van der Waals surface area contributed by atoms with Crippen LogP contribution in [0.4, 0.5) is 0 Å². The zero-order valence-electron chi connectivity index (χ0n) is 38.7. The molecule has 11 N–H and O–H groups in total. The van der Waals surface area contributed by atoms with Gasteiger partial charge >= 0.3 is 0 Å². The predicted molar refractivity (Wildman–Crippen MR) is 253 cm³/mol. The van der Waals surface area contributed by atoms with Gasteiger partial charge in [-0.25, -0.2) is 9.97 Å². The maximum Gasteiger partial charge on any atom is 0.255 e. The number of carbonyl (C=O) groups excluding carboxylic acids is 5. The highest BCUT2D eigenvalue weighted by Crippen LogP contribution is 2.39. The van der Waals surface area contributed by atoms with Crippen molar-refractivity contribution in [3.8, 4) is 45.8 Å². The normalized spacial score (nSPS) is 17.8. The lowest BCUT2D eigenvalue weighted by atomic mass is 9.93. The average Bonchev–Trinajstić information content (AvgIpc) is 3.33. The van der Waals surface area contributed by atoms with E-state index in [1.54, 1.807) is 50.2 Å². The van der Waals surface area contributed by atoms with E-state index in [1.807, 2.05) is 30.3 Å². The Bertz CT molecular complexity index is 2470. The van der Waals surface area contributed by atoms with Gasteiger partial charge in [-0.05, 0) is 119 Å². The van der Waals surface area contributed by atoms with Crippen LogP contribution in [0.25, 0.3) is 22.5 Å². The third-order valence-electron chi connectivity index (χ3n) is 11.7. The van der Waals surface area contributed by atoms with Gasteiger partial charge in [0.05, 0.1) is 29.1 Å². The molecule has 2 heterocycles. The number of carbonyl (C=O) groups is 5. The number of rotatable bonds is 17. The SMILES string of the molecule is Cc1nc(-c2ccc(OC3CCCCC3)cc2)nc(C)c1C(=O)N[C@@H](CCN)C(=O)N[C@@H]1C(=O)N[C@@H](C)C(=O)N[C@H](C(=O)NCC#N)Cc2ccc(OCCN)c(c2)-c2cc1ccc2OCCN. The fourth-order valence-electron chi connectivity index (χ4n) is 8.24. The number of aromatic nitrogens is 2. The van der Waals surface area contributed by atoms with Gasteiger partial charge in [-0.3, -0.25) is 24.0 Å². The zero-order chi connectivity index (χ0) is 48.7. The number of benzene rings is 3. The van der Waals surface area contributed by atoms with Crippen molar-refractivity contribution in [1.29, 1.82) is 5.26 Å². The number of nitrogens with one attached hydrogen (secondary N) is 5. The van der Waals surface area contributed by atoms with E-state index in [0.717, 1.165) is 37.0 Å². The Balaban J connectivity index is 1.31. The summed E-state index contributed by atoms with van der Waals surface area (Å²) < 4.78 is 18.3. The first-order chi connectivity index (χ1) is 32.8. The number of amides is 5. The highest BCUT2D eigenvalue weighted by atomic mass is 16.5. The van der Waals surface area contributed by atoms with Crippen molar-refractivity contribution in [1.82, 2.24) is 36.6 Å². The van der Waals surface area contributed by atoms with E-state index in [1.165, 1.54) is 13.3 Å². The van der Waals surface area contributed by atoms with Crippen LogP contribution in [0.5, 0.6) is 17.2 Å². The van der Waals surface area contributed by atoms with Crippen LogP contribution in [-0.4, -0.2) is 103 Å². The van der Waals surface area contributed by atoms with Crippen molar-refractivity contribution in [2.45, 2.75) is 96.0 Å². The molecule has 1 aliphatic carbocycles. The topological polar surface area (TPSA) is 301 Å². The minimum absolute atomic E-state index is 0.00128. The number of nitrogens with two attached hydrogens (primary N) is 3. The Morgan fingerprint density at radius 2 is 1.49 bits per heavy atom. The van der Waals surface area contributed by atoms with Crippen LogP contribution >= 0.6 is 0 Å². The Kier molecular flexibility index (Phi) is 17.8. The molecule has 19 nitrogen and oxygen atoms in total. The summed E-state index contributed by atoms with van der Waals surface area (Å²) in [6.07, 6.45) is 5.81. The molecule has 0 unspecified atom stereocenters. The number of nitriles is 1. The lowest BCUT2D eigenvalue weighted by Crippen LogP contribution is -2.55. The molecule has 4 atom stereocenters. The Hall–Kier alpha value is -7.14. The molecular weight excluding hydrogens is 871 g/mol. The van der Waals surface area contributed by atoms with Crippen molar-refractivity contribution in [2.75, 3.05) is 39.4 Å². The number of fused-ring (bicyclic) bond motifs is 5. The molecule has 4 bridgehead atoms. The lowest BCUT2D eigenvalue weighted by Gasteiger charge is -2.27. The van der Waals surface area contributed by atoms with E-state index in [-0.39, 0.29) is 69.5 Å². The van der Waals surface area contributed by atoms with E-state index >= 15 is 0 Å². The Morgan fingerprint density at radius 1 is 0.838 bits per heavy atom. The van der Waals surface area contributed by atoms with Gasteiger partial charge in [0, 0.05) is 36.2 Å². The standard InChI is InChI=1S/C49H61N11O8/c1-28-42(29(2)56-44(55-28)32-10-13-35(14-11-32)68-34-7-5-4-6-8-34)48(64)58-38(17-18-50)47(63)60-43-33-12-16-41(67-24-21-53)37(27-33)36-25-31(9-15-40(36)66-23-20-52)26-39(46(62)54-22-19-51)59-45(61)30(3)57-49(43)65/h9-16,25,27,30,34,38-39,43H,4-8,17-18,20-24,26,50,52-53H2,1-3H3,(H,54,62)(H,57,65)(H,58,64)(H,59,61)(H,60,63)/t30-,38-,39-,43-/m0/s1. The highest BCUT2D eigenvalue weighted by Gasteiger charge is 2.33. The third kappa shape index (κ3) is 12.8. The molecule has 0 spiro atoms. The minimum Gasteiger partial charge on any atom is -0.492 e. The van der Waals surface area contributed by atoms with Crippen LogP contribution in [-0.2, 0) is 25.6 Å². The summed E-state index contributed by atoms with van der Waals surface area (Å²) in [4.78, 5) is 79.2. The van der Waals surface area contributed by atoms with Gasteiger partial charge in [-0.2, -0.15) is 5.26 Å². The second-order valence-electron chi connectivity index (χ2n) is 16.8. The molecule has 4 aromatic rings. The monoisotopic (exact) mass is 931 g/mol. The summed E-state index contributed by atoms with van der Waals surface area (Å²) >= 11 is 0. The van der Waals surface area contributed by atoms with Crippen molar-refractivity contribution in [3.05, 3.63) is 88.7 Å². The van der Waals surface area contributed by atoms with E-state index in [2.05, 4.69) is 36.6 Å². The smallest absolute Gasteiger partial charge is 0.255 e. The summed E-state index contributed by atoms with van der Waals surface area (Å²) in [6, 6.07) is 14.4. The van der Waals surface area contributed by atoms with Gasteiger partial charge in [0.25, 0.3) is 5.91 Å². The third-order valence-corrected chi connectivity index (χ3v) is 11.7. The summed E-state index contributed by atoms with van der Waals surface area (Å²) in [5.41, 5.74) is 21.1. The molecule has 1 aromatic heterocycles. The van der Waals surface area contributed by atoms with E-state index in [9.17, 15) is 24.0 Å². The molecule has 0 radical (unpaired) electrons. The van der Waals surface area contributed by atoms with Gasteiger partial charge in [0.15, 0.2) is 5.82 Å². The molecule has 1 saturated carbocycles. The van der Waals surface area contributed by atoms with E-state index in [0.29, 0.717) is 45.4 Å². The first-order valence-electron chi connectivity index (χ1n) is 23.0. The van der Waals surface area contributed by atoms with Crippen LogP contribution in [0.3, 0.4) is 0 Å².